The molecule has 3 aliphatic carbocycles. The fraction of sp³-hybridized carbons (Fsp3) is 0.704. The standard InChI is InChI=1S/C27H31F6NO3/c1-24-11-9-17-15(4-8-21-25(17,2)12-10-22(35)37-21)16(24)6-7-19(24)23(36)34-20-13-14(26(28,29)30)3-5-18(20)27(31,32)33/h3,5,13,15-17,19,21H,4,6-12H2,1-2H3,(H,34,36)/t15-,16-,17+,19?,21?,24-,25+/m0/s1. The summed E-state index contributed by atoms with van der Waals surface area (Å²) < 4.78 is 86.1. The van der Waals surface area contributed by atoms with Gasteiger partial charge in [-0.2, -0.15) is 26.3 Å². The van der Waals surface area contributed by atoms with Crippen LogP contribution in [0.3, 0.4) is 0 Å². The van der Waals surface area contributed by atoms with Crippen molar-refractivity contribution in [3.63, 3.8) is 0 Å². The predicted octanol–water partition coefficient (Wildman–Crippen LogP) is 7.23. The molecule has 2 unspecified atom stereocenters. The van der Waals surface area contributed by atoms with Gasteiger partial charge in [0.25, 0.3) is 0 Å². The minimum atomic E-state index is -4.91. The van der Waals surface area contributed by atoms with Gasteiger partial charge in [-0.05, 0) is 86.3 Å². The molecule has 1 heterocycles. The van der Waals surface area contributed by atoms with Gasteiger partial charge in [0.15, 0.2) is 0 Å². The molecular formula is C27H31F6NO3. The lowest BCUT2D eigenvalue weighted by Gasteiger charge is -2.59. The molecule has 37 heavy (non-hydrogen) atoms. The molecule has 4 fully saturated rings. The smallest absolute Gasteiger partial charge is 0.418 e. The summed E-state index contributed by atoms with van der Waals surface area (Å²) in [5.41, 5.74) is -3.98. The second-order valence-corrected chi connectivity index (χ2v) is 11.9. The van der Waals surface area contributed by atoms with Crippen LogP contribution >= 0.6 is 0 Å². The number of fused-ring (bicyclic) bond motifs is 5. The summed E-state index contributed by atoms with van der Waals surface area (Å²) >= 11 is 0. The second kappa shape index (κ2) is 8.63. The number of benzene rings is 1. The van der Waals surface area contributed by atoms with Gasteiger partial charge in [-0.15, -0.1) is 0 Å². The van der Waals surface area contributed by atoms with Crippen LogP contribution in [0.4, 0.5) is 32.0 Å². The molecule has 4 aliphatic rings. The first kappa shape index (κ1) is 26.4. The van der Waals surface area contributed by atoms with E-state index in [2.05, 4.69) is 12.2 Å². The quantitative estimate of drug-likeness (QED) is 0.324. The van der Waals surface area contributed by atoms with E-state index in [1.165, 1.54) is 0 Å². The molecule has 0 spiro atoms. The van der Waals surface area contributed by atoms with Crippen LogP contribution < -0.4 is 5.32 Å². The Bertz CT molecular complexity index is 1100. The van der Waals surface area contributed by atoms with Gasteiger partial charge in [0.1, 0.15) is 6.10 Å². The molecule has 0 bridgehead atoms. The predicted molar refractivity (Wildman–Crippen MR) is 122 cm³/mol. The molecule has 10 heteroatoms. The first-order valence-electron chi connectivity index (χ1n) is 12.9. The Kier molecular flexibility index (Phi) is 6.15. The third-order valence-corrected chi connectivity index (χ3v) is 10.2. The molecule has 1 amide bonds. The van der Waals surface area contributed by atoms with Gasteiger partial charge in [-0.1, -0.05) is 13.8 Å². The molecule has 204 valence electrons. The number of ether oxygens (including phenoxy) is 1. The highest BCUT2D eigenvalue weighted by atomic mass is 19.4. The average molecular weight is 532 g/mol. The maximum Gasteiger partial charge on any atom is 0.418 e. The van der Waals surface area contributed by atoms with E-state index in [4.69, 9.17) is 4.74 Å². The van der Waals surface area contributed by atoms with Crippen LogP contribution in [0.2, 0.25) is 0 Å². The van der Waals surface area contributed by atoms with Crippen LogP contribution in [0.1, 0.15) is 76.3 Å². The van der Waals surface area contributed by atoms with Crippen molar-refractivity contribution >= 4 is 17.6 Å². The number of carbonyl (C=O) groups is 2. The molecule has 1 aromatic rings. The van der Waals surface area contributed by atoms with Crippen LogP contribution in [-0.4, -0.2) is 18.0 Å². The molecule has 1 saturated heterocycles. The number of halogens is 6. The number of hydrogen-bond donors (Lipinski definition) is 1. The zero-order valence-electron chi connectivity index (χ0n) is 20.8. The Labute approximate surface area is 211 Å². The zero-order chi connectivity index (χ0) is 27.0. The molecule has 1 N–H and O–H groups in total. The lowest BCUT2D eigenvalue weighted by Crippen LogP contribution is -2.56. The van der Waals surface area contributed by atoms with Crippen LogP contribution in [0.25, 0.3) is 0 Å². The van der Waals surface area contributed by atoms with E-state index in [1.54, 1.807) is 0 Å². The Morgan fingerprint density at radius 1 is 0.919 bits per heavy atom. The molecule has 1 aromatic carbocycles. The van der Waals surface area contributed by atoms with Gasteiger partial charge in [0.05, 0.1) is 16.8 Å². The van der Waals surface area contributed by atoms with E-state index >= 15 is 0 Å². The number of carbonyl (C=O) groups excluding carboxylic acids is 2. The number of rotatable bonds is 2. The number of alkyl halides is 6. The fourth-order valence-corrected chi connectivity index (χ4v) is 8.27. The molecule has 1 aliphatic heterocycles. The maximum absolute atomic E-state index is 13.6. The molecular weight excluding hydrogens is 500 g/mol. The third-order valence-electron chi connectivity index (χ3n) is 10.2. The summed E-state index contributed by atoms with van der Waals surface area (Å²) in [5, 5.41) is 2.24. The van der Waals surface area contributed by atoms with Gasteiger partial charge in [0, 0.05) is 17.8 Å². The van der Waals surface area contributed by atoms with Gasteiger partial charge >= 0.3 is 18.3 Å². The summed E-state index contributed by atoms with van der Waals surface area (Å²) in [4.78, 5) is 25.3. The van der Waals surface area contributed by atoms with Crippen LogP contribution in [0.15, 0.2) is 18.2 Å². The third kappa shape index (κ3) is 4.32. The van der Waals surface area contributed by atoms with E-state index in [9.17, 15) is 35.9 Å². The summed E-state index contributed by atoms with van der Waals surface area (Å²) in [6.45, 7) is 4.20. The minimum Gasteiger partial charge on any atom is -0.462 e. The summed E-state index contributed by atoms with van der Waals surface area (Å²) in [5.74, 6) is -0.579. The monoisotopic (exact) mass is 531 g/mol. The molecule has 0 aromatic heterocycles. The van der Waals surface area contributed by atoms with Gasteiger partial charge < -0.3 is 10.1 Å². The Balaban J connectivity index is 1.39. The second-order valence-electron chi connectivity index (χ2n) is 11.9. The lowest BCUT2D eigenvalue weighted by molar-refractivity contribution is -0.192. The summed E-state index contributed by atoms with van der Waals surface area (Å²) in [6.07, 6.45) is -4.35. The Hall–Kier alpha value is -2.26. The molecule has 4 nitrogen and oxygen atoms in total. The van der Waals surface area contributed by atoms with Crippen molar-refractivity contribution in [1.29, 1.82) is 0 Å². The first-order chi connectivity index (χ1) is 17.1. The van der Waals surface area contributed by atoms with Gasteiger partial charge in [-0.25, -0.2) is 0 Å². The number of amides is 1. The summed E-state index contributed by atoms with van der Waals surface area (Å²) in [7, 11) is 0. The molecule has 7 atom stereocenters. The van der Waals surface area contributed by atoms with Crippen LogP contribution in [0.5, 0.6) is 0 Å². The average Bonchev–Trinajstić information content (AvgIpc) is 3.15. The van der Waals surface area contributed by atoms with Crippen molar-refractivity contribution in [2.24, 2.45) is 34.5 Å². The van der Waals surface area contributed by atoms with E-state index in [-0.39, 0.29) is 23.4 Å². The van der Waals surface area contributed by atoms with Crippen molar-refractivity contribution in [2.75, 3.05) is 5.32 Å². The normalized spacial score (nSPS) is 37.7. The SMILES string of the molecule is C[C@]12CCC(=O)OC1CC[C@@H]1[C@H]2CC[C@]2(C)C(C(=O)Nc3cc(C(F)(F)F)ccc3C(F)(F)F)CC[C@@H]12. The van der Waals surface area contributed by atoms with Crippen molar-refractivity contribution in [2.45, 2.75) is 83.7 Å². The van der Waals surface area contributed by atoms with E-state index < -0.39 is 46.4 Å². The Morgan fingerprint density at radius 2 is 1.62 bits per heavy atom. The largest absolute Gasteiger partial charge is 0.462 e. The van der Waals surface area contributed by atoms with Crippen molar-refractivity contribution in [1.82, 2.24) is 0 Å². The van der Waals surface area contributed by atoms with Crippen LogP contribution in [0, 0.1) is 34.5 Å². The molecule has 0 radical (unpaired) electrons. The van der Waals surface area contributed by atoms with Crippen molar-refractivity contribution in [3.05, 3.63) is 29.3 Å². The fourth-order valence-electron chi connectivity index (χ4n) is 8.27. The van der Waals surface area contributed by atoms with Crippen molar-refractivity contribution in [3.8, 4) is 0 Å². The first-order valence-corrected chi connectivity index (χ1v) is 12.9. The van der Waals surface area contributed by atoms with Crippen molar-refractivity contribution < 1.29 is 40.7 Å². The number of hydrogen-bond acceptors (Lipinski definition) is 3. The number of nitrogens with one attached hydrogen (secondary N) is 1. The van der Waals surface area contributed by atoms with Gasteiger partial charge in [0.2, 0.25) is 5.91 Å². The molecule has 5 rings (SSSR count). The van der Waals surface area contributed by atoms with E-state index in [1.807, 2.05) is 6.92 Å². The lowest BCUT2D eigenvalue weighted by atomic mass is 9.47. The van der Waals surface area contributed by atoms with E-state index in [0.717, 1.165) is 32.1 Å². The maximum atomic E-state index is 13.6. The van der Waals surface area contributed by atoms with E-state index in [0.29, 0.717) is 49.3 Å². The zero-order valence-corrected chi connectivity index (χ0v) is 20.8. The minimum absolute atomic E-state index is 0.110. The number of esters is 1. The highest BCUT2D eigenvalue weighted by Gasteiger charge is 2.62. The summed E-state index contributed by atoms with van der Waals surface area (Å²) in [6, 6.07) is 1.13. The molecule has 3 saturated carbocycles. The highest BCUT2D eigenvalue weighted by Crippen LogP contribution is 2.66. The van der Waals surface area contributed by atoms with Crippen LogP contribution in [-0.2, 0) is 26.7 Å². The Morgan fingerprint density at radius 3 is 2.30 bits per heavy atom. The highest BCUT2D eigenvalue weighted by molar-refractivity contribution is 5.94. The number of anilines is 1. The van der Waals surface area contributed by atoms with Gasteiger partial charge in [-0.3, -0.25) is 9.59 Å². The topological polar surface area (TPSA) is 55.4 Å².